The third-order valence-corrected chi connectivity index (χ3v) is 8.61. The minimum absolute atomic E-state index is 0.00935. The van der Waals surface area contributed by atoms with Gasteiger partial charge in [-0.05, 0) is 68.4 Å². The molecule has 0 saturated carbocycles. The summed E-state index contributed by atoms with van der Waals surface area (Å²) in [5.74, 6) is 0.530. The number of anilines is 1. The van der Waals surface area contributed by atoms with Crippen molar-refractivity contribution < 1.29 is 13.5 Å². The Hall–Kier alpha value is -2.29. The zero-order valence-electron chi connectivity index (χ0n) is 19.3. The summed E-state index contributed by atoms with van der Waals surface area (Å²) >= 11 is 1.57. The molecule has 5 nitrogen and oxygen atoms in total. The van der Waals surface area contributed by atoms with Gasteiger partial charge in [-0.1, -0.05) is 0 Å². The van der Waals surface area contributed by atoms with Crippen molar-refractivity contribution in [2.75, 3.05) is 25.1 Å². The number of alkyl halides is 2. The first-order chi connectivity index (χ1) is 16.6. The van der Waals surface area contributed by atoms with Gasteiger partial charge in [0.1, 0.15) is 0 Å². The first kappa shape index (κ1) is 22.2. The van der Waals surface area contributed by atoms with Gasteiger partial charge in [-0.3, -0.25) is 5.10 Å². The Kier molecular flexibility index (Phi) is 5.91. The maximum Gasteiger partial charge on any atom is 0.264 e. The van der Waals surface area contributed by atoms with E-state index in [0.29, 0.717) is 11.5 Å². The summed E-state index contributed by atoms with van der Waals surface area (Å²) in [6, 6.07) is 7.86. The van der Waals surface area contributed by atoms with Crippen molar-refractivity contribution in [1.29, 1.82) is 0 Å². The molecule has 1 fully saturated rings. The van der Waals surface area contributed by atoms with Crippen molar-refractivity contribution in [2.45, 2.75) is 57.5 Å². The van der Waals surface area contributed by atoms with Gasteiger partial charge in [0.25, 0.3) is 6.43 Å². The number of nitrogens with one attached hydrogen (secondary N) is 3. The van der Waals surface area contributed by atoms with Gasteiger partial charge in [0.05, 0.1) is 11.7 Å². The number of hydrogen-bond donors (Lipinski definition) is 3. The molecule has 1 aromatic carbocycles. The normalized spacial score (nSPS) is 22.9. The van der Waals surface area contributed by atoms with E-state index >= 15 is 0 Å². The van der Waals surface area contributed by atoms with Crippen LogP contribution in [0.5, 0.6) is 0 Å². The lowest BCUT2D eigenvalue weighted by Gasteiger charge is -2.36. The van der Waals surface area contributed by atoms with Gasteiger partial charge >= 0.3 is 0 Å². The zero-order chi connectivity index (χ0) is 23.2. The minimum Gasteiger partial charge on any atom is -0.381 e. The Morgan fingerprint density at radius 2 is 1.97 bits per heavy atom. The number of fused-ring (bicyclic) bond motifs is 2. The van der Waals surface area contributed by atoms with E-state index in [0.717, 1.165) is 78.6 Å². The van der Waals surface area contributed by atoms with Gasteiger partial charge in [-0.25, -0.2) is 8.78 Å². The molecule has 3 aliphatic rings. The van der Waals surface area contributed by atoms with Gasteiger partial charge in [0.15, 0.2) is 0 Å². The number of ether oxygens (including phenoxy) is 1. The summed E-state index contributed by atoms with van der Waals surface area (Å²) in [7, 11) is 0. The van der Waals surface area contributed by atoms with Crippen LogP contribution in [-0.4, -0.2) is 30.0 Å². The van der Waals surface area contributed by atoms with Gasteiger partial charge < -0.3 is 15.4 Å². The molecule has 2 unspecified atom stereocenters. The molecule has 2 aromatic heterocycles. The van der Waals surface area contributed by atoms with Crippen LogP contribution in [0.2, 0.25) is 0 Å². The molecule has 0 amide bonds. The summed E-state index contributed by atoms with van der Waals surface area (Å²) in [5, 5.41) is 15.4. The van der Waals surface area contributed by atoms with Crippen LogP contribution in [0.15, 0.2) is 24.3 Å². The quantitative estimate of drug-likeness (QED) is 0.419. The molecule has 180 valence electrons. The number of rotatable bonds is 4. The van der Waals surface area contributed by atoms with Gasteiger partial charge in [-0.15, -0.1) is 11.3 Å². The summed E-state index contributed by atoms with van der Waals surface area (Å²) in [6.45, 7) is 4.57. The summed E-state index contributed by atoms with van der Waals surface area (Å²) in [5.41, 5.74) is 6.22. The van der Waals surface area contributed by atoms with Gasteiger partial charge in [0, 0.05) is 70.0 Å². The highest BCUT2D eigenvalue weighted by Crippen LogP contribution is 2.44. The first-order valence-electron chi connectivity index (χ1n) is 12.2. The van der Waals surface area contributed by atoms with Crippen molar-refractivity contribution in [2.24, 2.45) is 5.92 Å². The van der Waals surface area contributed by atoms with Crippen molar-refractivity contribution in [3.8, 4) is 10.4 Å². The van der Waals surface area contributed by atoms with Gasteiger partial charge in [-0.2, -0.15) is 5.10 Å². The monoisotopic (exact) mass is 484 g/mol. The molecular weight excluding hydrogens is 454 g/mol. The van der Waals surface area contributed by atoms with Crippen molar-refractivity contribution in [1.82, 2.24) is 15.5 Å². The maximum atomic E-state index is 14.1. The predicted octanol–water partition coefficient (Wildman–Crippen LogP) is 6.10. The molecule has 0 spiro atoms. The van der Waals surface area contributed by atoms with Crippen LogP contribution in [0, 0.1) is 12.8 Å². The molecule has 0 aliphatic carbocycles. The van der Waals surface area contributed by atoms with E-state index in [4.69, 9.17) is 9.84 Å². The first-order valence-corrected chi connectivity index (χ1v) is 13.1. The zero-order valence-corrected chi connectivity index (χ0v) is 20.1. The molecule has 0 radical (unpaired) electrons. The fourth-order valence-corrected chi connectivity index (χ4v) is 6.76. The van der Waals surface area contributed by atoms with Gasteiger partial charge in [0.2, 0.25) is 0 Å². The number of hydrogen-bond acceptors (Lipinski definition) is 5. The third-order valence-electron chi connectivity index (χ3n) is 7.58. The molecular formula is C26H30F2N4OS. The fourth-order valence-electron chi connectivity index (χ4n) is 5.85. The van der Waals surface area contributed by atoms with Crippen molar-refractivity contribution >= 4 is 17.0 Å². The second-order valence-corrected chi connectivity index (χ2v) is 11.0. The summed E-state index contributed by atoms with van der Waals surface area (Å²) in [6.07, 6.45) is 2.23. The Labute approximate surface area is 202 Å². The van der Waals surface area contributed by atoms with Crippen LogP contribution >= 0.6 is 11.3 Å². The molecule has 6 rings (SSSR count). The lowest BCUT2D eigenvalue weighted by molar-refractivity contribution is 0.0526. The van der Waals surface area contributed by atoms with Crippen LogP contribution < -0.4 is 10.6 Å². The average Bonchev–Trinajstić information content (AvgIpc) is 3.49. The number of halogens is 2. The van der Waals surface area contributed by atoms with Crippen molar-refractivity contribution in [3.05, 3.63) is 57.2 Å². The Bertz CT molecular complexity index is 1180. The van der Waals surface area contributed by atoms with E-state index < -0.39 is 6.43 Å². The van der Waals surface area contributed by atoms with E-state index in [-0.39, 0.29) is 17.6 Å². The van der Waals surface area contributed by atoms with E-state index in [1.54, 1.807) is 17.4 Å². The Balaban J connectivity index is 1.33. The predicted molar refractivity (Wildman–Crippen MR) is 131 cm³/mol. The van der Waals surface area contributed by atoms with Crippen LogP contribution in [0.25, 0.3) is 10.4 Å². The third kappa shape index (κ3) is 3.95. The number of aromatic amines is 1. The lowest BCUT2D eigenvalue weighted by atomic mass is 9.81. The van der Waals surface area contributed by atoms with E-state index in [1.807, 2.05) is 25.1 Å². The Morgan fingerprint density at radius 1 is 1.12 bits per heavy atom. The largest absolute Gasteiger partial charge is 0.381 e. The number of benzene rings is 1. The lowest BCUT2D eigenvalue weighted by Crippen LogP contribution is -2.38. The number of thiophene rings is 1. The molecule has 3 aromatic rings. The summed E-state index contributed by atoms with van der Waals surface area (Å²) in [4.78, 5) is 2.03. The number of aromatic nitrogens is 2. The molecule has 3 N–H and O–H groups in total. The molecule has 0 bridgehead atoms. The molecule has 8 heteroatoms. The average molecular weight is 485 g/mol. The molecule has 2 atom stereocenters. The van der Waals surface area contributed by atoms with Crippen LogP contribution in [-0.2, 0) is 17.6 Å². The highest BCUT2D eigenvalue weighted by molar-refractivity contribution is 7.15. The van der Waals surface area contributed by atoms with E-state index in [2.05, 4.69) is 15.7 Å². The SMILES string of the molecule is Cc1ccc(-c2cc3c(cc2C(F)F)NC(c2n[nH]c4c2C(C2CCOCC2)NCC4)CC3)s1. The standard InChI is InChI=1S/C26H30F2N4OS/c1-14-2-5-22(34-14)17-12-16-3-4-20(30-21(16)13-18(17)26(27)28)25-23-19(31-32-25)6-9-29-24(23)15-7-10-33-11-8-15/h2,5,12-13,15,20,24,26,29-30H,3-4,6-11H2,1H3,(H,31,32). The Morgan fingerprint density at radius 3 is 2.74 bits per heavy atom. The molecule has 3 aliphatic heterocycles. The molecule has 1 saturated heterocycles. The molecule has 5 heterocycles. The highest BCUT2D eigenvalue weighted by atomic mass is 32.1. The summed E-state index contributed by atoms with van der Waals surface area (Å²) < 4.78 is 33.8. The maximum absolute atomic E-state index is 14.1. The van der Waals surface area contributed by atoms with Crippen LogP contribution in [0.3, 0.4) is 0 Å². The topological polar surface area (TPSA) is 62.0 Å². The molecule has 34 heavy (non-hydrogen) atoms. The second-order valence-electron chi connectivity index (χ2n) is 9.68. The smallest absolute Gasteiger partial charge is 0.264 e. The second kappa shape index (κ2) is 9.06. The number of nitrogens with zero attached hydrogens (tertiary/aromatic N) is 1. The van der Waals surface area contributed by atoms with Crippen LogP contribution in [0.4, 0.5) is 14.5 Å². The number of H-pyrrole nitrogens is 1. The van der Waals surface area contributed by atoms with Crippen LogP contribution in [0.1, 0.15) is 70.7 Å². The highest BCUT2D eigenvalue weighted by Gasteiger charge is 2.36. The van der Waals surface area contributed by atoms with E-state index in [1.165, 1.54) is 11.3 Å². The minimum atomic E-state index is -2.52. The number of aryl methyl sites for hydroxylation is 2. The van der Waals surface area contributed by atoms with Crippen molar-refractivity contribution in [3.63, 3.8) is 0 Å². The fraction of sp³-hybridized carbons (Fsp3) is 0.500. The van der Waals surface area contributed by atoms with E-state index in [9.17, 15) is 8.78 Å².